The lowest BCUT2D eigenvalue weighted by Crippen LogP contribution is -2.19. The minimum atomic E-state index is 1.14. The summed E-state index contributed by atoms with van der Waals surface area (Å²) in [7, 11) is 4.36. The molecule has 0 amide bonds. The Bertz CT molecular complexity index is 460. The molecule has 0 saturated carbocycles. The van der Waals surface area contributed by atoms with Crippen LogP contribution in [-0.4, -0.2) is 27.2 Å². The van der Waals surface area contributed by atoms with Crippen LogP contribution in [0, 0.1) is 0 Å². The number of unbranched alkanes of at least 4 members (excludes halogenated alkanes) is 3. The summed E-state index contributed by atoms with van der Waals surface area (Å²) >= 11 is 0. The fraction of sp³-hybridized carbons (Fsp3) is 0.400. The summed E-state index contributed by atoms with van der Waals surface area (Å²) in [5, 5.41) is 0. The Labute approximate surface area is 135 Å². The van der Waals surface area contributed by atoms with Gasteiger partial charge in [-0.2, -0.15) is 0 Å². The molecule has 0 bridgehead atoms. The molecule has 2 heteroatoms. The van der Waals surface area contributed by atoms with E-state index in [1.54, 1.807) is 0 Å². The average molecular weight is 296 g/mol. The van der Waals surface area contributed by atoms with Crippen molar-refractivity contribution in [1.82, 2.24) is 0 Å². The summed E-state index contributed by atoms with van der Waals surface area (Å²) in [6.45, 7) is 2.27. The number of para-hydroxylation sites is 2. The molecule has 0 heterocycles. The zero-order valence-electron chi connectivity index (χ0n) is 13.9. The molecule has 2 nitrogen and oxygen atoms in total. The van der Waals surface area contributed by atoms with Gasteiger partial charge in [-0.1, -0.05) is 49.2 Å². The quantitative estimate of drug-likeness (QED) is 0.612. The van der Waals surface area contributed by atoms with Crippen LogP contribution in [0.2, 0.25) is 0 Å². The van der Waals surface area contributed by atoms with E-state index in [1.807, 2.05) is 0 Å². The van der Waals surface area contributed by atoms with Crippen LogP contribution in [0.4, 0.5) is 11.4 Å². The molecule has 0 N–H and O–H groups in total. The zero-order chi connectivity index (χ0) is 15.6. The van der Waals surface area contributed by atoms with Gasteiger partial charge in [0.1, 0.15) is 0 Å². The fourth-order valence-electron chi connectivity index (χ4n) is 2.67. The predicted octanol–water partition coefficient (Wildman–Crippen LogP) is 4.82. The van der Waals surface area contributed by atoms with Crippen LogP contribution in [0.25, 0.3) is 0 Å². The van der Waals surface area contributed by atoms with Crippen molar-refractivity contribution in [2.75, 3.05) is 37.0 Å². The van der Waals surface area contributed by atoms with Crippen LogP contribution < -0.4 is 9.80 Å². The van der Waals surface area contributed by atoms with Gasteiger partial charge in [0, 0.05) is 38.6 Å². The highest BCUT2D eigenvalue weighted by atomic mass is 15.1. The van der Waals surface area contributed by atoms with Crippen molar-refractivity contribution in [2.24, 2.45) is 0 Å². The highest BCUT2D eigenvalue weighted by Crippen LogP contribution is 2.14. The maximum absolute atomic E-state index is 2.34. The second-order valence-corrected chi connectivity index (χ2v) is 5.93. The van der Waals surface area contributed by atoms with Gasteiger partial charge >= 0.3 is 0 Å². The van der Waals surface area contributed by atoms with E-state index in [4.69, 9.17) is 0 Å². The maximum atomic E-state index is 2.34. The summed E-state index contributed by atoms with van der Waals surface area (Å²) in [4.78, 5) is 4.69. The molecule has 0 unspecified atom stereocenters. The van der Waals surface area contributed by atoms with Crippen molar-refractivity contribution in [3.8, 4) is 0 Å². The lowest BCUT2D eigenvalue weighted by Gasteiger charge is -2.20. The smallest absolute Gasteiger partial charge is 0.0363 e. The molecule has 0 aromatic heterocycles. The molecule has 2 aromatic carbocycles. The predicted molar refractivity (Wildman–Crippen MR) is 97.9 cm³/mol. The van der Waals surface area contributed by atoms with Crippen LogP contribution in [0.3, 0.4) is 0 Å². The Kier molecular flexibility index (Phi) is 6.82. The van der Waals surface area contributed by atoms with Gasteiger partial charge in [-0.05, 0) is 37.1 Å². The first-order valence-corrected chi connectivity index (χ1v) is 8.30. The summed E-state index contributed by atoms with van der Waals surface area (Å²) < 4.78 is 0. The van der Waals surface area contributed by atoms with Gasteiger partial charge in [0.25, 0.3) is 0 Å². The average Bonchev–Trinajstić information content (AvgIpc) is 2.59. The second-order valence-electron chi connectivity index (χ2n) is 5.93. The van der Waals surface area contributed by atoms with E-state index in [9.17, 15) is 0 Å². The summed E-state index contributed by atoms with van der Waals surface area (Å²) in [5.41, 5.74) is 2.62. The minimum Gasteiger partial charge on any atom is -0.375 e. The first-order chi connectivity index (χ1) is 10.8. The minimum absolute atomic E-state index is 1.14. The molecule has 0 spiro atoms. The molecule has 2 rings (SSSR count). The number of anilines is 2. The van der Waals surface area contributed by atoms with Crippen LogP contribution in [0.5, 0.6) is 0 Å². The van der Waals surface area contributed by atoms with E-state index in [-0.39, 0.29) is 0 Å². The molecule has 0 saturated heterocycles. The fourth-order valence-corrected chi connectivity index (χ4v) is 2.67. The molecule has 0 radical (unpaired) electrons. The van der Waals surface area contributed by atoms with Crippen molar-refractivity contribution in [1.29, 1.82) is 0 Å². The van der Waals surface area contributed by atoms with Gasteiger partial charge in [-0.3, -0.25) is 0 Å². The van der Waals surface area contributed by atoms with Gasteiger partial charge in [0.05, 0.1) is 0 Å². The lowest BCUT2D eigenvalue weighted by atomic mass is 10.1. The van der Waals surface area contributed by atoms with Crippen LogP contribution in [0.1, 0.15) is 25.7 Å². The lowest BCUT2D eigenvalue weighted by molar-refractivity contribution is 0.634. The summed E-state index contributed by atoms with van der Waals surface area (Å²) in [5.74, 6) is 0. The van der Waals surface area contributed by atoms with Gasteiger partial charge < -0.3 is 9.80 Å². The normalized spacial score (nSPS) is 10.5. The van der Waals surface area contributed by atoms with E-state index in [1.165, 1.54) is 37.1 Å². The number of hydrogen-bond acceptors (Lipinski definition) is 2. The molecular formula is C20H28N2. The molecule has 0 aliphatic heterocycles. The van der Waals surface area contributed by atoms with Crippen LogP contribution in [0.15, 0.2) is 60.7 Å². The van der Waals surface area contributed by atoms with Crippen molar-refractivity contribution in [2.45, 2.75) is 25.7 Å². The molecule has 22 heavy (non-hydrogen) atoms. The number of nitrogens with zero attached hydrogens (tertiary/aromatic N) is 2. The van der Waals surface area contributed by atoms with E-state index < -0.39 is 0 Å². The first kappa shape index (κ1) is 16.4. The number of benzene rings is 2. The van der Waals surface area contributed by atoms with Crippen molar-refractivity contribution >= 4 is 11.4 Å². The molecule has 118 valence electrons. The van der Waals surface area contributed by atoms with E-state index in [0.717, 1.165) is 13.1 Å². The first-order valence-electron chi connectivity index (χ1n) is 8.30. The zero-order valence-corrected chi connectivity index (χ0v) is 13.9. The molecule has 0 aliphatic rings. The van der Waals surface area contributed by atoms with Crippen molar-refractivity contribution in [3.63, 3.8) is 0 Å². The van der Waals surface area contributed by atoms with Gasteiger partial charge in [-0.25, -0.2) is 0 Å². The highest BCUT2D eigenvalue weighted by Gasteiger charge is 2.01. The second kappa shape index (κ2) is 9.14. The topological polar surface area (TPSA) is 6.48 Å². The molecule has 0 fully saturated rings. The summed E-state index contributed by atoms with van der Waals surface area (Å²) in [6, 6.07) is 21.3. The third-order valence-electron chi connectivity index (χ3n) is 4.13. The van der Waals surface area contributed by atoms with Crippen LogP contribution >= 0.6 is 0 Å². The molecule has 0 atom stereocenters. The van der Waals surface area contributed by atoms with Crippen molar-refractivity contribution in [3.05, 3.63) is 60.7 Å². The standard InChI is InChI=1S/C20H28N2/c1-21(19-13-7-5-8-14-19)17-11-3-4-12-18-22(2)20-15-9-6-10-16-20/h5-10,13-16H,3-4,11-12,17-18H2,1-2H3. The van der Waals surface area contributed by atoms with Crippen LogP contribution in [-0.2, 0) is 0 Å². The number of rotatable bonds is 9. The Morgan fingerprint density at radius 3 is 1.27 bits per heavy atom. The largest absolute Gasteiger partial charge is 0.375 e. The SMILES string of the molecule is CN(CCCCCCN(C)c1ccccc1)c1ccccc1. The summed E-state index contributed by atoms with van der Waals surface area (Å²) in [6.07, 6.45) is 5.14. The Hall–Kier alpha value is -1.96. The molecule has 0 aliphatic carbocycles. The van der Waals surface area contributed by atoms with Gasteiger partial charge in [0.15, 0.2) is 0 Å². The Balaban J connectivity index is 1.56. The monoisotopic (exact) mass is 296 g/mol. The van der Waals surface area contributed by atoms with E-state index >= 15 is 0 Å². The third kappa shape index (κ3) is 5.44. The van der Waals surface area contributed by atoms with Gasteiger partial charge in [0.2, 0.25) is 0 Å². The Morgan fingerprint density at radius 2 is 0.909 bits per heavy atom. The van der Waals surface area contributed by atoms with Crippen molar-refractivity contribution < 1.29 is 0 Å². The molecule has 2 aromatic rings. The maximum Gasteiger partial charge on any atom is 0.0363 e. The molecular weight excluding hydrogens is 268 g/mol. The third-order valence-corrected chi connectivity index (χ3v) is 4.13. The van der Waals surface area contributed by atoms with Gasteiger partial charge in [-0.15, -0.1) is 0 Å². The van der Waals surface area contributed by atoms with E-state index in [0.29, 0.717) is 0 Å². The Morgan fingerprint density at radius 1 is 0.545 bits per heavy atom. The highest BCUT2D eigenvalue weighted by molar-refractivity contribution is 5.45. The van der Waals surface area contributed by atoms with E-state index in [2.05, 4.69) is 84.6 Å². The number of hydrogen-bond donors (Lipinski definition) is 0.